The number of halogens is 1. The Kier molecular flexibility index (Phi) is 4.01. The van der Waals surface area contributed by atoms with Crippen LogP contribution in [0.2, 0.25) is 0 Å². The van der Waals surface area contributed by atoms with E-state index in [2.05, 4.69) is 11.8 Å². The summed E-state index contributed by atoms with van der Waals surface area (Å²) >= 11 is 0. The van der Waals surface area contributed by atoms with Crippen molar-refractivity contribution in [3.63, 3.8) is 0 Å². The molecule has 128 valence electrons. The molecule has 0 unspecified atom stereocenters. The smallest absolute Gasteiger partial charge is 0.200 e. The fraction of sp³-hybridized carbons (Fsp3) is 0.250. The molecule has 1 aromatic heterocycles. The second-order valence-electron chi connectivity index (χ2n) is 6.20. The number of rotatable bonds is 3. The maximum atomic E-state index is 14.1. The fourth-order valence-electron chi connectivity index (χ4n) is 3.28. The SMILES string of the molecule is CCCN1COc2ccc3c(=O)c(-c4ccccc4F)coc3c2C1. The van der Waals surface area contributed by atoms with Gasteiger partial charge in [-0.05, 0) is 24.6 Å². The molecular formula is C20H18FNO3. The Morgan fingerprint density at radius 3 is 2.80 bits per heavy atom. The molecule has 5 heteroatoms. The van der Waals surface area contributed by atoms with Crippen LogP contribution < -0.4 is 10.2 Å². The van der Waals surface area contributed by atoms with Gasteiger partial charge in [-0.15, -0.1) is 0 Å². The first-order valence-corrected chi connectivity index (χ1v) is 8.36. The van der Waals surface area contributed by atoms with Gasteiger partial charge in [-0.1, -0.05) is 25.1 Å². The van der Waals surface area contributed by atoms with Gasteiger partial charge in [0, 0.05) is 18.7 Å². The zero-order valence-corrected chi connectivity index (χ0v) is 13.9. The molecule has 0 saturated carbocycles. The van der Waals surface area contributed by atoms with E-state index in [1.54, 1.807) is 30.3 Å². The Labute approximate surface area is 144 Å². The highest BCUT2D eigenvalue weighted by Gasteiger charge is 2.22. The van der Waals surface area contributed by atoms with Crippen molar-refractivity contribution in [2.24, 2.45) is 0 Å². The summed E-state index contributed by atoms with van der Waals surface area (Å²) in [5.74, 6) is 0.297. The third-order valence-corrected chi connectivity index (χ3v) is 4.49. The Balaban J connectivity index is 1.87. The summed E-state index contributed by atoms with van der Waals surface area (Å²) in [6.07, 6.45) is 2.37. The minimum Gasteiger partial charge on any atom is -0.478 e. The van der Waals surface area contributed by atoms with Crippen LogP contribution in [0.3, 0.4) is 0 Å². The van der Waals surface area contributed by atoms with Crippen LogP contribution in [0.15, 0.2) is 51.9 Å². The van der Waals surface area contributed by atoms with Gasteiger partial charge >= 0.3 is 0 Å². The highest BCUT2D eigenvalue weighted by atomic mass is 19.1. The molecule has 2 heterocycles. The van der Waals surface area contributed by atoms with E-state index in [4.69, 9.17) is 9.15 Å². The molecule has 0 aliphatic carbocycles. The second-order valence-corrected chi connectivity index (χ2v) is 6.20. The van der Waals surface area contributed by atoms with E-state index >= 15 is 0 Å². The van der Waals surface area contributed by atoms with Gasteiger partial charge < -0.3 is 9.15 Å². The van der Waals surface area contributed by atoms with Crippen molar-refractivity contribution in [3.05, 3.63) is 64.3 Å². The van der Waals surface area contributed by atoms with E-state index in [-0.39, 0.29) is 16.6 Å². The van der Waals surface area contributed by atoms with E-state index in [0.29, 0.717) is 24.2 Å². The van der Waals surface area contributed by atoms with Crippen LogP contribution in [0.25, 0.3) is 22.1 Å². The summed E-state index contributed by atoms with van der Waals surface area (Å²) in [7, 11) is 0. The van der Waals surface area contributed by atoms with Crippen LogP contribution >= 0.6 is 0 Å². The number of hydrogen-bond donors (Lipinski definition) is 0. The van der Waals surface area contributed by atoms with Crippen LogP contribution in [0, 0.1) is 5.82 Å². The molecule has 1 aliphatic rings. The Bertz CT molecular complexity index is 996. The molecule has 2 aromatic carbocycles. The van der Waals surface area contributed by atoms with Crippen LogP contribution in [0.1, 0.15) is 18.9 Å². The minimum absolute atomic E-state index is 0.229. The van der Waals surface area contributed by atoms with Crippen LogP contribution in [-0.4, -0.2) is 18.2 Å². The average Bonchev–Trinajstić information content (AvgIpc) is 2.63. The number of hydrogen-bond acceptors (Lipinski definition) is 4. The second kappa shape index (κ2) is 6.33. The zero-order valence-electron chi connectivity index (χ0n) is 13.9. The van der Waals surface area contributed by atoms with Gasteiger partial charge in [0.25, 0.3) is 0 Å². The lowest BCUT2D eigenvalue weighted by Crippen LogP contribution is -2.32. The van der Waals surface area contributed by atoms with Crippen molar-refractivity contribution in [2.45, 2.75) is 19.9 Å². The zero-order chi connectivity index (χ0) is 17.4. The predicted molar refractivity (Wildman–Crippen MR) is 94.1 cm³/mol. The van der Waals surface area contributed by atoms with E-state index in [1.807, 2.05) is 0 Å². The van der Waals surface area contributed by atoms with Gasteiger partial charge in [-0.3, -0.25) is 9.69 Å². The lowest BCUT2D eigenvalue weighted by Gasteiger charge is -2.28. The number of fused-ring (bicyclic) bond motifs is 3. The molecule has 25 heavy (non-hydrogen) atoms. The van der Waals surface area contributed by atoms with Crippen molar-refractivity contribution < 1.29 is 13.5 Å². The molecule has 0 saturated heterocycles. The molecule has 0 fully saturated rings. The third kappa shape index (κ3) is 2.70. The largest absolute Gasteiger partial charge is 0.478 e. The quantitative estimate of drug-likeness (QED) is 0.718. The molecule has 4 rings (SSSR count). The van der Waals surface area contributed by atoms with Gasteiger partial charge in [0.1, 0.15) is 30.1 Å². The first kappa shape index (κ1) is 15.8. The van der Waals surface area contributed by atoms with Crippen molar-refractivity contribution in [3.8, 4) is 16.9 Å². The number of nitrogens with zero attached hydrogens (tertiary/aromatic N) is 1. The Hall–Kier alpha value is -2.66. The third-order valence-electron chi connectivity index (χ3n) is 4.49. The molecule has 0 N–H and O–H groups in total. The average molecular weight is 339 g/mol. The monoisotopic (exact) mass is 339 g/mol. The number of ether oxygens (including phenoxy) is 1. The fourth-order valence-corrected chi connectivity index (χ4v) is 3.28. The van der Waals surface area contributed by atoms with E-state index in [1.165, 1.54) is 12.3 Å². The maximum Gasteiger partial charge on any atom is 0.200 e. The van der Waals surface area contributed by atoms with Crippen LogP contribution in [0.4, 0.5) is 4.39 Å². The first-order chi connectivity index (χ1) is 12.2. The topological polar surface area (TPSA) is 42.7 Å². The lowest BCUT2D eigenvalue weighted by molar-refractivity contribution is 0.0958. The molecule has 0 amide bonds. The summed E-state index contributed by atoms with van der Waals surface area (Å²) in [4.78, 5) is 15.1. The molecule has 0 bridgehead atoms. The van der Waals surface area contributed by atoms with Crippen molar-refractivity contribution in [2.75, 3.05) is 13.3 Å². The van der Waals surface area contributed by atoms with Gasteiger partial charge in [0.15, 0.2) is 0 Å². The Morgan fingerprint density at radius 2 is 2.00 bits per heavy atom. The summed E-state index contributed by atoms with van der Waals surface area (Å²) in [6.45, 7) is 4.22. The van der Waals surface area contributed by atoms with Gasteiger partial charge in [0.05, 0.1) is 16.5 Å². The highest BCUT2D eigenvalue weighted by molar-refractivity contribution is 5.85. The maximum absolute atomic E-state index is 14.1. The molecule has 3 aromatic rings. The Morgan fingerprint density at radius 1 is 1.16 bits per heavy atom. The van der Waals surface area contributed by atoms with Gasteiger partial charge in [-0.25, -0.2) is 4.39 Å². The van der Waals surface area contributed by atoms with Gasteiger partial charge in [0.2, 0.25) is 5.43 Å². The molecule has 1 aliphatic heterocycles. The minimum atomic E-state index is -0.440. The molecule has 0 atom stereocenters. The van der Waals surface area contributed by atoms with Crippen molar-refractivity contribution in [1.82, 2.24) is 4.90 Å². The molecule has 0 spiro atoms. The summed E-state index contributed by atoms with van der Waals surface area (Å²) in [5.41, 5.74) is 1.63. The van der Waals surface area contributed by atoms with Crippen LogP contribution in [-0.2, 0) is 6.54 Å². The summed E-state index contributed by atoms with van der Waals surface area (Å²) in [6, 6.07) is 9.70. The standard InChI is InChI=1S/C20H18FNO3/c1-2-9-22-10-15-18(25-12-22)8-7-14-19(23)16(11-24-20(14)15)13-5-3-4-6-17(13)21/h3-8,11H,2,9-10,12H2,1H3. The molecule has 0 radical (unpaired) electrons. The first-order valence-electron chi connectivity index (χ1n) is 8.36. The predicted octanol–water partition coefficient (Wildman–Crippen LogP) is 4.16. The van der Waals surface area contributed by atoms with E-state index in [0.717, 1.165) is 24.3 Å². The lowest BCUT2D eigenvalue weighted by atomic mass is 10.0. The van der Waals surface area contributed by atoms with Crippen molar-refractivity contribution in [1.29, 1.82) is 0 Å². The van der Waals surface area contributed by atoms with E-state index in [9.17, 15) is 9.18 Å². The summed E-state index contributed by atoms with van der Waals surface area (Å²) in [5, 5.41) is 0.446. The molecule has 4 nitrogen and oxygen atoms in total. The van der Waals surface area contributed by atoms with Crippen molar-refractivity contribution >= 4 is 11.0 Å². The molecular weight excluding hydrogens is 321 g/mol. The van der Waals surface area contributed by atoms with Gasteiger partial charge in [-0.2, -0.15) is 0 Å². The van der Waals surface area contributed by atoms with Crippen LogP contribution in [0.5, 0.6) is 5.75 Å². The number of benzene rings is 2. The highest BCUT2D eigenvalue weighted by Crippen LogP contribution is 2.32. The summed E-state index contributed by atoms with van der Waals surface area (Å²) < 4.78 is 25.6. The normalized spacial score (nSPS) is 14.3. The van der Waals surface area contributed by atoms with E-state index < -0.39 is 5.82 Å².